The van der Waals surface area contributed by atoms with Gasteiger partial charge in [-0.25, -0.2) is 8.42 Å². The molecule has 2 aliphatic heterocycles. The van der Waals surface area contributed by atoms with Gasteiger partial charge in [0.2, 0.25) is 15.9 Å². The molecule has 1 N–H and O–H groups in total. The molecule has 2 atom stereocenters. The van der Waals surface area contributed by atoms with Crippen LogP contribution in [0.25, 0.3) is 0 Å². The monoisotopic (exact) mass is 435 g/mol. The highest BCUT2D eigenvalue weighted by Crippen LogP contribution is 2.24. The van der Waals surface area contributed by atoms with Gasteiger partial charge in [0, 0.05) is 32.2 Å². The zero-order valence-corrected chi connectivity index (χ0v) is 19.3. The summed E-state index contributed by atoms with van der Waals surface area (Å²) in [4.78, 5) is 15.5. The molecule has 0 aliphatic carbocycles. The van der Waals surface area contributed by atoms with E-state index in [1.807, 2.05) is 19.1 Å². The van der Waals surface area contributed by atoms with Crippen LogP contribution in [0.1, 0.15) is 57.4 Å². The standard InChI is InChI=1S/C23H37N3O3S/c1-3-21-9-4-5-15-25(21)16-7-14-24-23(27)20-8-6-17-26(18-20)30(28,29)22-12-10-19(2)11-13-22/h10-13,20-21H,3-9,14-18H2,1-2H3,(H,24,27)/t20-,21+/m0/s1. The molecule has 3 rings (SSSR count). The number of nitrogens with zero attached hydrogens (tertiary/aromatic N) is 2. The zero-order valence-electron chi connectivity index (χ0n) is 18.5. The Bertz CT molecular complexity index is 794. The zero-order chi connectivity index (χ0) is 21.6. The molecule has 1 aromatic rings. The number of benzene rings is 1. The fraction of sp³-hybridized carbons (Fsp3) is 0.696. The van der Waals surface area contributed by atoms with E-state index in [2.05, 4.69) is 17.1 Å². The molecule has 30 heavy (non-hydrogen) atoms. The van der Waals surface area contributed by atoms with E-state index in [1.54, 1.807) is 12.1 Å². The molecule has 7 heteroatoms. The number of likely N-dealkylation sites (tertiary alicyclic amines) is 1. The number of carbonyl (C=O) groups is 1. The second-order valence-electron chi connectivity index (χ2n) is 8.75. The van der Waals surface area contributed by atoms with E-state index in [1.165, 1.54) is 36.5 Å². The maximum atomic E-state index is 13.0. The van der Waals surface area contributed by atoms with Gasteiger partial charge in [0.25, 0.3) is 0 Å². The number of sulfonamides is 1. The van der Waals surface area contributed by atoms with E-state index in [9.17, 15) is 13.2 Å². The van der Waals surface area contributed by atoms with E-state index in [0.29, 0.717) is 24.0 Å². The summed E-state index contributed by atoms with van der Waals surface area (Å²) in [6.45, 7) is 7.79. The fourth-order valence-electron chi connectivity index (χ4n) is 4.69. The number of aryl methyl sites for hydroxylation is 1. The molecule has 0 unspecified atom stereocenters. The van der Waals surface area contributed by atoms with Crippen molar-refractivity contribution >= 4 is 15.9 Å². The molecule has 1 amide bonds. The number of carbonyl (C=O) groups excluding carboxylic acids is 1. The lowest BCUT2D eigenvalue weighted by molar-refractivity contribution is -0.126. The van der Waals surface area contributed by atoms with Crippen molar-refractivity contribution < 1.29 is 13.2 Å². The SMILES string of the molecule is CC[C@@H]1CCCCN1CCCNC(=O)[C@H]1CCCN(S(=O)(=O)c2ccc(C)cc2)C1. The molecule has 1 aromatic carbocycles. The third-order valence-corrected chi connectivity index (χ3v) is 8.43. The van der Waals surface area contributed by atoms with Crippen molar-refractivity contribution in [3.8, 4) is 0 Å². The number of hydrogen-bond donors (Lipinski definition) is 1. The van der Waals surface area contributed by atoms with Crippen molar-refractivity contribution in [2.45, 2.75) is 69.7 Å². The number of rotatable bonds is 8. The van der Waals surface area contributed by atoms with E-state index >= 15 is 0 Å². The summed E-state index contributed by atoms with van der Waals surface area (Å²) in [5.74, 6) is -0.276. The molecule has 0 radical (unpaired) electrons. The largest absolute Gasteiger partial charge is 0.356 e. The third-order valence-electron chi connectivity index (χ3n) is 6.56. The molecule has 2 fully saturated rings. The van der Waals surface area contributed by atoms with Gasteiger partial charge < -0.3 is 10.2 Å². The third kappa shape index (κ3) is 5.83. The molecule has 0 bridgehead atoms. The van der Waals surface area contributed by atoms with Crippen LogP contribution in [0.4, 0.5) is 0 Å². The van der Waals surface area contributed by atoms with Crippen molar-refractivity contribution in [2.75, 3.05) is 32.7 Å². The van der Waals surface area contributed by atoms with Gasteiger partial charge in [-0.3, -0.25) is 4.79 Å². The number of nitrogens with one attached hydrogen (secondary N) is 1. The van der Waals surface area contributed by atoms with Gasteiger partial charge in [0.15, 0.2) is 0 Å². The Morgan fingerprint density at radius 2 is 1.87 bits per heavy atom. The Kier molecular flexibility index (Phi) is 8.31. The quantitative estimate of drug-likeness (QED) is 0.637. The van der Waals surface area contributed by atoms with Crippen molar-refractivity contribution in [3.05, 3.63) is 29.8 Å². The molecule has 2 heterocycles. The summed E-state index contributed by atoms with van der Waals surface area (Å²) in [5.41, 5.74) is 1.03. The van der Waals surface area contributed by atoms with Crippen LogP contribution < -0.4 is 5.32 Å². The first-order valence-electron chi connectivity index (χ1n) is 11.5. The molecule has 2 aliphatic rings. The average molecular weight is 436 g/mol. The number of hydrogen-bond acceptors (Lipinski definition) is 4. The molecule has 0 aromatic heterocycles. The van der Waals surface area contributed by atoms with Gasteiger partial charge in [-0.15, -0.1) is 0 Å². The fourth-order valence-corrected chi connectivity index (χ4v) is 6.21. The summed E-state index contributed by atoms with van der Waals surface area (Å²) in [6.07, 6.45) is 7.49. The van der Waals surface area contributed by atoms with Crippen LogP contribution in [0.2, 0.25) is 0 Å². The van der Waals surface area contributed by atoms with Gasteiger partial charge in [-0.2, -0.15) is 4.31 Å². The van der Waals surface area contributed by atoms with Crippen LogP contribution in [-0.2, 0) is 14.8 Å². The van der Waals surface area contributed by atoms with Crippen LogP contribution >= 0.6 is 0 Å². The molecule has 0 spiro atoms. The Morgan fingerprint density at radius 3 is 2.60 bits per heavy atom. The Balaban J connectivity index is 1.47. The molecular formula is C23H37N3O3S. The van der Waals surface area contributed by atoms with Crippen molar-refractivity contribution in [3.63, 3.8) is 0 Å². The van der Waals surface area contributed by atoms with Crippen LogP contribution in [0.15, 0.2) is 29.2 Å². The Morgan fingerprint density at radius 1 is 1.10 bits per heavy atom. The van der Waals surface area contributed by atoms with Crippen LogP contribution in [0.3, 0.4) is 0 Å². The maximum Gasteiger partial charge on any atom is 0.243 e. The summed E-state index contributed by atoms with van der Waals surface area (Å²) in [5, 5.41) is 3.06. The topological polar surface area (TPSA) is 69.7 Å². The summed E-state index contributed by atoms with van der Waals surface area (Å²) >= 11 is 0. The van der Waals surface area contributed by atoms with Gasteiger partial charge in [0.1, 0.15) is 0 Å². The molecule has 168 valence electrons. The highest BCUT2D eigenvalue weighted by Gasteiger charge is 2.33. The summed E-state index contributed by atoms with van der Waals surface area (Å²) < 4.78 is 27.4. The van der Waals surface area contributed by atoms with Crippen LogP contribution in [-0.4, -0.2) is 62.3 Å². The summed E-state index contributed by atoms with van der Waals surface area (Å²) in [6, 6.07) is 7.61. The van der Waals surface area contributed by atoms with Crippen LogP contribution in [0, 0.1) is 12.8 Å². The highest BCUT2D eigenvalue weighted by atomic mass is 32.2. The van der Waals surface area contributed by atoms with Gasteiger partial charge in [-0.1, -0.05) is 31.0 Å². The van der Waals surface area contributed by atoms with E-state index in [-0.39, 0.29) is 18.4 Å². The molecular weight excluding hydrogens is 398 g/mol. The first-order valence-corrected chi connectivity index (χ1v) is 12.9. The van der Waals surface area contributed by atoms with Crippen LogP contribution in [0.5, 0.6) is 0 Å². The minimum atomic E-state index is -3.55. The van der Waals surface area contributed by atoms with E-state index in [4.69, 9.17) is 0 Å². The lowest BCUT2D eigenvalue weighted by Gasteiger charge is -2.35. The Hall–Kier alpha value is -1.44. The van der Waals surface area contributed by atoms with Crippen molar-refractivity contribution in [1.82, 2.24) is 14.5 Å². The highest BCUT2D eigenvalue weighted by molar-refractivity contribution is 7.89. The molecule has 0 saturated carbocycles. The minimum absolute atomic E-state index is 0.00973. The number of amides is 1. The summed E-state index contributed by atoms with van der Waals surface area (Å²) in [7, 11) is -3.55. The lowest BCUT2D eigenvalue weighted by Crippen LogP contribution is -2.46. The second kappa shape index (κ2) is 10.7. The number of piperidine rings is 2. The Labute approximate surface area is 182 Å². The first-order chi connectivity index (χ1) is 14.4. The first kappa shape index (κ1) is 23.2. The van der Waals surface area contributed by atoms with Gasteiger partial charge in [-0.05, 0) is 64.1 Å². The normalized spacial score (nSPS) is 23.9. The average Bonchev–Trinajstić information content (AvgIpc) is 2.77. The smallest absolute Gasteiger partial charge is 0.243 e. The van der Waals surface area contributed by atoms with E-state index in [0.717, 1.165) is 31.4 Å². The minimum Gasteiger partial charge on any atom is -0.356 e. The second-order valence-corrected chi connectivity index (χ2v) is 10.7. The van der Waals surface area contributed by atoms with Gasteiger partial charge in [0.05, 0.1) is 10.8 Å². The van der Waals surface area contributed by atoms with Gasteiger partial charge >= 0.3 is 0 Å². The predicted molar refractivity (Wildman–Crippen MR) is 120 cm³/mol. The van der Waals surface area contributed by atoms with Crippen molar-refractivity contribution in [2.24, 2.45) is 5.92 Å². The van der Waals surface area contributed by atoms with Crippen molar-refractivity contribution in [1.29, 1.82) is 0 Å². The predicted octanol–water partition coefficient (Wildman–Crippen LogP) is 3.17. The lowest BCUT2D eigenvalue weighted by atomic mass is 9.98. The molecule has 6 nitrogen and oxygen atoms in total. The molecule has 2 saturated heterocycles. The van der Waals surface area contributed by atoms with E-state index < -0.39 is 10.0 Å². The maximum absolute atomic E-state index is 13.0.